The average molecular weight is 323 g/mol. The summed E-state index contributed by atoms with van der Waals surface area (Å²) in [7, 11) is 0. The Balaban J connectivity index is 2.52. The average Bonchev–Trinajstić information content (AvgIpc) is 2.71. The molecule has 2 heterocycles. The van der Waals surface area contributed by atoms with Gasteiger partial charge in [0.1, 0.15) is 0 Å². The van der Waals surface area contributed by atoms with Gasteiger partial charge in [-0.15, -0.1) is 11.3 Å². The molecule has 0 N–H and O–H groups in total. The number of thiophene rings is 1. The SMILES string of the molecule is BrCc1ncoc1-c1sccc1Br. The molecule has 0 radical (unpaired) electrons. The van der Waals surface area contributed by atoms with Gasteiger partial charge in [0.05, 0.1) is 10.6 Å². The summed E-state index contributed by atoms with van der Waals surface area (Å²) in [6.45, 7) is 0. The second-order valence-electron chi connectivity index (χ2n) is 2.36. The largest absolute Gasteiger partial charge is 0.442 e. The normalized spacial score (nSPS) is 10.6. The third-order valence-corrected chi connectivity index (χ3v) is 3.96. The highest BCUT2D eigenvalue weighted by atomic mass is 79.9. The van der Waals surface area contributed by atoms with Crippen LogP contribution in [0.2, 0.25) is 0 Å². The standard InChI is InChI=1S/C8H5Br2NOS/c9-3-6-7(12-4-11-6)8-5(10)1-2-13-8/h1-2,4H,3H2. The molecule has 0 saturated carbocycles. The highest BCUT2D eigenvalue weighted by Crippen LogP contribution is 2.35. The summed E-state index contributed by atoms with van der Waals surface area (Å²) in [5.41, 5.74) is 0.933. The van der Waals surface area contributed by atoms with Crippen molar-refractivity contribution in [2.75, 3.05) is 0 Å². The van der Waals surface area contributed by atoms with Crippen LogP contribution in [0.15, 0.2) is 26.7 Å². The van der Waals surface area contributed by atoms with Crippen LogP contribution >= 0.6 is 43.2 Å². The van der Waals surface area contributed by atoms with Crippen LogP contribution in [0.1, 0.15) is 5.69 Å². The first-order valence-corrected chi connectivity index (χ1v) is 6.34. The van der Waals surface area contributed by atoms with E-state index in [1.165, 1.54) is 6.39 Å². The minimum Gasteiger partial charge on any atom is -0.442 e. The van der Waals surface area contributed by atoms with E-state index in [0.29, 0.717) is 5.33 Å². The Kier molecular flexibility index (Phi) is 2.86. The molecule has 13 heavy (non-hydrogen) atoms. The van der Waals surface area contributed by atoms with Gasteiger partial charge in [0, 0.05) is 9.80 Å². The van der Waals surface area contributed by atoms with Crippen LogP contribution in [-0.2, 0) is 5.33 Å². The molecule has 0 spiro atoms. The summed E-state index contributed by atoms with van der Waals surface area (Å²) in [5.74, 6) is 0.846. The van der Waals surface area contributed by atoms with Crippen LogP contribution < -0.4 is 0 Å². The maximum atomic E-state index is 5.32. The van der Waals surface area contributed by atoms with Gasteiger partial charge < -0.3 is 4.42 Å². The van der Waals surface area contributed by atoms with Gasteiger partial charge in [-0.2, -0.15) is 0 Å². The molecule has 0 unspecified atom stereocenters. The first kappa shape index (κ1) is 9.43. The van der Waals surface area contributed by atoms with E-state index in [4.69, 9.17) is 4.42 Å². The maximum Gasteiger partial charge on any atom is 0.181 e. The molecule has 2 aromatic rings. The summed E-state index contributed by atoms with van der Waals surface area (Å²) in [4.78, 5) is 5.19. The fourth-order valence-electron chi connectivity index (χ4n) is 1.00. The van der Waals surface area contributed by atoms with Gasteiger partial charge in [-0.3, -0.25) is 0 Å². The van der Waals surface area contributed by atoms with Crippen molar-refractivity contribution in [3.63, 3.8) is 0 Å². The van der Waals surface area contributed by atoms with Gasteiger partial charge in [0.25, 0.3) is 0 Å². The zero-order chi connectivity index (χ0) is 9.26. The third kappa shape index (κ3) is 1.73. The van der Waals surface area contributed by atoms with E-state index in [1.807, 2.05) is 11.4 Å². The molecule has 0 amide bonds. The maximum absolute atomic E-state index is 5.32. The van der Waals surface area contributed by atoms with Crippen LogP contribution in [-0.4, -0.2) is 4.98 Å². The lowest BCUT2D eigenvalue weighted by atomic mass is 10.3. The number of hydrogen-bond acceptors (Lipinski definition) is 3. The predicted octanol–water partition coefficient (Wildman–Crippen LogP) is 4.06. The van der Waals surface area contributed by atoms with Crippen molar-refractivity contribution < 1.29 is 4.42 Å². The summed E-state index contributed by atoms with van der Waals surface area (Å²) in [6, 6.07) is 2.00. The first-order chi connectivity index (χ1) is 6.33. The lowest BCUT2D eigenvalue weighted by Crippen LogP contribution is -1.79. The van der Waals surface area contributed by atoms with Crippen LogP contribution in [0.25, 0.3) is 10.6 Å². The molecule has 0 aliphatic carbocycles. The summed E-state index contributed by atoms with van der Waals surface area (Å²) in [6.07, 6.45) is 1.47. The van der Waals surface area contributed by atoms with Crippen molar-refractivity contribution in [1.29, 1.82) is 0 Å². The number of nitrogens with zero attached hydrogens (tertiary/aromatic N) is 1. The zero-order valence-corrected chi connectivity index (χ0v) is 10.4. The van der Waals surface area contributed by atoms with Gasteiger partial charge in [0.15, 0.2) is 12.2 Å². The smallest absolute Gasteiger partial charge is 0.181 e. The van der Waals surface area contributed by atoms with Gasteiger partial charge in [-0.1, -0.05) is 15.9 Å². The molecule has 0 bridgehead atoms. The molecule has 0 aromatic carbocycles. The van der Waals surface area contributed by atoms with Crippen LogP contribution in [0.3, 0.4) is 0 Å². The van der Waals surface area contributed by atoms with Gasteiger partial charge in [-0.05, 0) is 27.4 Å². The Hall–Kier alpha value is -0.130. The molecule has 2 nitrogen and oxygen atoms in total. The molecular weight excluding hydrogens is 318 g/mol. The Morgan fingerprint density at radius 2 is 2.38 bits per heavy atom. The number of alkyl halides is 1. The zero-order valence-electron chi connectivity index (χ0n) is 6.46. The molecule has 68 valence electrons. The molecule has 0 fully saturated rings. The molecular formula is C8H5Br2NOS. The quantitative estimate of drug-likeness (QED) is 0.779. The molecule has 0 aliphatic heterocycles. The number of oxazole rings is 1. The van der Waals surface area contributed by atoms with Crippen molar-refractivity contribution in [2.24, 2.45) is 0 Å². The van der Waals surface area contributed by atoms with Crippen LogP contribution in [0.5, 0.6) is 0 Å². The predicted molar refractivity (Wildman–Crippen MR) is 60.1 cm³/mol. The molecule has 0 saturated heterocycles. The first-order valence-electron chi connectivity index (χ1n) is 3.54. The Bertz CT molecular complexity index is 410. The second kappa shape index (κ2) is 3.94. The van der Waals surface area contributed by atoms with E-state index in [2.05, 4.69) is 36.8 Å². The monoisotopic (exact) mass is 321 g/mol. The van der Waals surface area contributed by atoms with Crippen molar-refractivity contribution >= 4 is 43.2 Å². The van der Waals surface area contributed by atoms with Gasteiger partial charge >= 0.3 is 0 Å². The fraction of sp³-hybridized carbons (Fsp3) is 0.125. The summed E-state index contributed by atoms with van der Waals surface area (Å²) in [5, 5.41) is 2.73. The van der Waals surface area contributed by atoms with E-state index < -0.39 is 0 Å². The van der Waals surface area contributed by atoms with E-state index in [-0.39, 0.29) is 0 Å². The number of hydrogen-bond donors (Lipinski definition) is 0. The highest BCUT2D eigenvalue weighted by molar-refractivity contribution is 9.10. The molecule has 5 heteroatoms. The molecule has 2 aromatic heterocycles. The second-order valence-corrected chi connectivity index (χ2v) is 4.69. The number of rotatable bonds is 2. The van der Waals surface area contributed by atoms with E-state index in [9.17, 15) is 0 Å². The van der Waals surface area contributed by atoms with Crippen molar-refractivity contribution in [2.45, 2.75) is 5.33 Å². The number of aromatic nitrogens is 1. The number of halogens is 2. The lowest BCUT2D eigenvalue weighted by molar-refractivity contribution is 0.572. The molecule has 0 aliphatic rings. The van der Waals surface area contributed by atoms with E-state index in [0.717, 1.165) is 20.8 Å². The third-order valence-electron chi connectivity index (χ3n) is 1.59. The molecule has 0 atom stereocenters. The van der Waals surface area contributed by atoms with Crippen molar-refractivity contribution in [3.8, 4) is 10.6 Å². The summed E-state index contributed by atoms with van der Waals surface area (Å²) >= 11 is 8.46. The van der Waals surface area contributed by atoms with E-state index in [1.54, 1.807) is 11.3 Å². The minimum atomic E-state index is 0.711. The highest BCUT2D eigenvalue weighted by Gasteiger charge is 2.13. The van der Waals surface area contributed by atoms with Crippen molar-refractivity contribution in [3.05, 3.63) is 28.0 Å². The summed E-state index contributed by atoms with van der Waals surface area (Å²) < 4.78 is 6.37. The van der Waals surface area contributed by atoms with E-state index >= 15 is 0 Å². The Morgan fingerprint density at radius 1 is 1.54 bits per heavy atom. The van der Waals surface area contributed by atoms with Crippen LogP contribution in [0.4, 0.5) is 0 Å². The van der Waals surface area contributed by atoms with Crippen molar-refractivity contribution in [1.82, 2.24) is 4.98 Å². The Labute approximate surface area is 96.2 Å². The topological polar surface area (TPSA) is 26.0 Å². The van der Waals surface area contributed by atoms with Gasteiger partial charge in [-0.25, -0.2) is 4.98 Å². The minimum absolute atomic E-state index is 0.711. The Morgan fingerprint density at radius 3 is 3.00 bits per heavy atom. The van der Waals surface area contributed by atoms with Crippen LogP contribution in [0, 0.1) is 0 Å². The fourth-order valence-corrected chi connectivity index (χ4v) is 2.97. The molecule has 2 rings (SSSR count). The van der Waals surface area contributed by atoms with Gasteiger partial charge in [0.2, 0.25) is 0 Å². The lowest BCUT2D eigenvalue weighted by Gasteiger charge is -1.94.